The summed E-state index contributed by atoms with van der Waals surface area (Å²) in [5.74, 6) is -0.304. The van der Waals surface area contributed by atoms with Gasteiger partial charge < -0.3 is 11.5 Å². The van der Waals surface area contributed by atoms with E-state index in [9.17, 15) is 8.42 Å². The molecule has 11 heteroatoms. The molecule has 2 rings (SSSR count). The lowest BCUT2D eigenvalue weighted by molar-refractivity contribution is 0.589. The van der Waals surface area contributed by atoms with E-state index < -0.39 is 10.0 Å². The number of guanidine groups is 1. The third-order valence-electron chi connectivity index (χ3n) is 2.71. The van der Waals surface area contributed by atoms with Crippen LogP contribution in [0.5, 0.6) is 0 Å². The van der Waals surface area contributed by atoms with Gasteiger partial charge in [-0.15, -0.1) is 0 Å². The van der Waals surface area contributed by atoms with Gasteiger partial charge in [0.2, 0.25) is 5.96 Å². The van der Waals surface area contributed by atoms with Gasteiger partial charge in [-0.25, -0.2) is 14.4 Å². The number of nitrogens with zero attached hydrogens (tertiary/aromatic N) is 3. The molecule has 0 aliphatic rings. The third-order valence-corrected chi connectivity index (χ3v) is 5.92. The van der Waals surface area contributed by atoms with Crippen molar-refractivity contribution in [2.24, 2.45) is 10.8 Å². The molecule has 0 saturated carbocycles. The van der Waals surface area contributed by atoms with Crippen molar-refractivity contribution in [2.45, 2.75) is 18.1 Å². The molecule has 0 spiro atoms. The van der Waals surface area contributed by atoms with Gasteiger partial charge in [0.25, 0.3) is 10.0 Å². The molecule has 0 aromatic carbocycles. The Bertz CT molecular complexity index is 848. The predicted octanol–water partition coefficient (Wildman–Crippen LogP) is 0.279. The number of rotatable bonds is 4. The molecule has 0 amide bonds. The standard InChI is InChI=1S/C11H15N7O2S2/c1-6(16-17-10(12)13)8-3-4-18(5-8)22(19,20)9-7(2)15-11(14)21-9/h3-5H,1-2H3,(H2,14,15)(H4,12,13,17). The van der Waals surface area contributed by atoms with Crippen molar-refractivity contribution < 1.29 is 8.42 Å². The van der Waals surface area contributed by atoms with Gasteiger partial charge in [-0.1, -0.05) is 11.3 Å². The number of thiazole rings is 1. The number of hydrogen-bond donors (Lipinski definition) is 4. The summed E-state index contributed by atoms with van der Waals surface area (Å²) in [5, 5.41) is 11.1. The summed E-state index contributed by atoms with van der Waals surface area (Å²) in [6.45, 7) is 3.26. The van der Waals surface area contributed by atoms with Gasteiger partial charge in [0.1, 0.15) is 0 Å². The van der Waals surface area contributed by atoms with Crippen LogP contribution >= 0.6 is 11.3 Å². The molecule has 0 saturated heterocycles. The number of aromatic nitrogens is 2. The van der Waals surface area contributed by atoms with Crippen molar-refractivity contribution in [2.75, 3.05) is 5.73 Å². The zero-order chi connectivity index (χ0) is 16.5. The molecule has 6 N–H and O–H groups in total. The minimum atomic E-state index is -3.74. The number of hydrazone groups is 1. The lowest BCUT2D eigenvalue weighted by Gasteiger charge is -2.03. The Hall–Kier alpha value is -2.40. The normalized spacial score (nSPS) is 12.4. The van der Waals surface area contributed by atoms with Gasteiger partial charge in [0.05, 0.1) is 11.4 Å². The minimum absolute atomic E-state index is 0.101. The fourth-order valence-corrected chi connectivity index (χ4v) is 4.27. The monoisotopic (exact) mass is 341 g/mol. The fourth-order valence-electron chi connectivity index (χ4n) is 1.69. The highest BCUT2D eigenvalue weighted by Gasteiger charge is 2.23. The Morgan fingerprint density at radius 2 is 2.23 bits per heavy atom. The van der Waals surface area contributed by atoms with E-state index in [0.717, 1.165) is 15.3 Å². The van der Waals surface area contributed by atoms with Crippen LogP contribution in [0.15, 0.2) is 27.8 Å². The Morgan fingerprint density at radius 3 is 2.77 bits per heavy atom. The molecule has 0 fully saturated rings. The summed E-state index contributed by atoms with van der Waals surface area (Å²) in [4.78, 5) is 3.93. The highest BCUT2D eigenvalue weighted by molar-refractivity contribution is 7.92. The second-order valence-electron chi connectivity index (χ2n) is 4.38. The van der Waals surface area contributed by atoms with E-state index in [1.165, 1.54) is 12.4 Å². The Labute approximate surface area is 131 Å². The summed E-state index contributed by atoms with van der Waals surface area (Å²) in [7, 11) is -3.74. The molecule has 0 atom stereocenters. The Kier molecular flexibility index (Phi) is 4.19. The van der Waals surface area contributed by atoms with Crippen LogP contribution < -0.4 is 16.9 Å². The smallest absolute Gasteiger partial charge is 0.279 e. The van der Waals surface area contributed by atoms with E-state index in [-0.39, 0.29) is 15.3 Å². The first-order valence-corrected chi connectivity index (χ1v) is 8.28. The lowest BCUT2D eigenvalue weighted by atomic mass is 10.2. The maximum atomic E-state index is 12.5. The number of aryl methyl sites for hydroxylation is 1. The van der Waals surface area contributed by atoms with Crippen LogP contribution in [-0.4, -0.2) is 29.0 Å². The molecule has 2 heterocycles. The first-order chi connectivity index (χ1) is 10.2. The van der Waals surface area contributed by atoms with Crippen molar-refractivity contribution in [3.63, 3.8) is 0 Å². The van der Waals surface area contributed by atoms with Crippen LogP contribution in [0.4, 0.5) is 5.13 Å². The molecule has 2 aromatic rings. The van der Waals surface area contributed by atoms with Gasteiger partial charge in [-0.3, -0.25) is 5.41 Å². The molecular weight excluding hydrogens is 326 g/mol. The van der Waals surface area contributed by atoms with Gasteiger partial charge in [0.15, 0.2) is 9.34 Å². The van der Waals surface area contributed by atoms with Crippen LogP contribution in [0.2, 0.25) is 0 Å². The van der Waals surface area contributed by atoms with Crippen LogP contribution in [0.1, 0.15) is 18.2 Å². The number of nitrogen functional groups attached to an aromatic ring is 1. The summed E-state index contributed by atoms with van der Waals surface area (Å²) >= 11 is 0.919. The average Bonchev–Trinajstić information content (AvgIpc) is 3.03. The highest BCUT2D eigenvalue weighted by Crippen LogP contribution is 2.27. The van der Waals surface area contributed by atoms with Gasteiger partial charge in [-0.05, 0) is 19.9 Å². The van der Waals surface area contributed by atoms with Crippen molar-refractivity contribution in [3.05, 3.63) is 29.7 Å². The van der Waals surface area contributed by atoms with E-state index in [4.69, 9.17) is 16.9 Å². The first kappa shape index (κ1) is 16.0. The van der Waals surface area contributed by atoms with Gasteiger partial charge in [0, 0.05) is 18.0 Å². The molecule has 0 radical (unpaired) electrons. The summed E-state index contributed by atoms with van der Waals surface area (Å²) in [5.41, 5.74) is 14.4. The Morgan fingerprint density at radius 1 is 1.55 bits per heavy atom. The van der Waals surface area contributed by atoms with E-state index in [0.29, 0.717) is 17.0 Å². The van der Waals surface area contributed by atoms with Gasteiger partial charge >= 0.3 is 0 Å². The number of nitrogens with two attached hydrogens (primary N) is 2. The molecule has 2 aromatic heterocycles. The number of hydrogen-bond acceptors (Lipinski definition) is 7. The largest absolute Gasteiger partial charge is 0.375 e. The summed E-state index contributed by atoms with van der Waals surface area (Å²) in [6, 6.07) is 1.60. The van der Waals surface area contributed by atoms with Crippen molar-refractivity contribution >= 4 is 38.2 Å². The summed E-state index contributed by atoms with van der Waals surface area (Å²) in [6.07, 6.45) is 2.83. The topological polar surface area (TPSA) is 152 Å². The molecule has 0 bridgehead atoms. The van der Waals surface area contributed by atoms with Crippen molar-refractivity contribution in [3.8, 4) is 0 Å². The number of anilines is 1. The molecule has 9 nitrogen and oxygen atoms in total. The second kappa shape index (κ2) is 5.77. The first-order valence-electron chi connectivity index (χ1n) is 6.03. The van der Waals surface area contributed by atoms with E-state index in [2.05, 4.69) is 15.5 Å². The maximum absolute atomic E-state index is 12.5. The summed E-state index contributed by atoms with van der Waals surface area (Å²) < 4.78 is 26.3. The fraction of sp³-hybridized carbons (Fsp3) is 0.182. The SMILES string of the molecule is CC(=NNC(=N)N)c1ccn(S(=O)(=O)c2sc(N)nc2C)c1. The molecular formula is C11H15N7O2S2. The van der Waals surface area contributed by atoms with E-state index in [1.54, 1.807) is 19.9 Å². The van der Waals surface area contributed by atoms with E-state index in [1.807, 2.05) is 0 Å². The molecule has 118 valence electrons. The van der Waals surface area contributed by atoms with Crippen LogP contribution in [0, 0.1) is 12.3 Å². The lowest BCUT2D eigenvalue weighted by Crippen LogP contribution is -2.26. The zero-order valence-electron chi connectivity index (χ0n) is 11.9. The molecule has 0 unspecified atom stereocenters. The minimum Gasteiger partial charge on any atom is -0.375 e. The van der Waals surface area contributed by atoms with Crippen LogP contribution in [0.25, 0.3) is 0 Å². The quantitative estimate of drug-likeness (QED) is 0.356. The maximum Gasteiger partial charge on any atom is 0.279 e. The molecule has 0 aliphatic carbocycles. The second-order valence-corrected chi connectivity index (χ2v) is 7.45. The van der Waals surface area contributed by atoms with Crippen molar-refractivity contribution in [1.82, 2.24) is 14.4 Å². The van der Waals surface area contributed by atoms with Gasteiger partial charge in [-0.2, -0.15) is 13.5 Å². The third kappa shape index (κ3) is 3.09. The van der Waals surface area contributed by atoms with Crippen LogP contribution in [-0.2, 0) is 10.0 Å². The average molecular weight is 341 g/mol. The van der Waals surface area contributed by atoms with E-state index >= 15 is 0 Å². The highest BCUT2D eigenvalue weighted by atomic mass is 32.2. The van der Waals surface area contributed by atoms with Crippen molar-refractivity contribution in [1.29, 1.82) is 5.41 Å². The Balaban J connectivity index is 2.37. The van der Waals surface area contributed by atoms with Crippen LogP contribution in [0.3, 0.4) is 0 Å². The predicted molar refractivity (Wildman–Crippen MR) is 85.5 cm³/mol. The molecule has 0 aliphatic heterocycles. The molecule has 22 heavy (non-hydrogen) atoms. The number of nitrogens with one attached hydrogen (secondary N) is 2. The zero-order valence-corrected chi connectivity index (χ0v) is 13.5.